The summed E-state index contributed by atoms with van der Waals surface area (Å²) < 4.78 is 6.80. The van der Waals surface area contributed by atoms with Crippen molar-refractivity contribution >= 4 is 23.4 Å². The minimum absolute atomic E-state index is 0.294. The molecule has 0 saturated heterocycles. The molecule has 8 heteroatoms. The summed E-state index contributed by atoms with van der Waals surface area (Å²) in [6.07, 6.45) is 5.12. The van der Waals surface area contributed by atoms with Crippen LogP contribution in [0.15, 0.2) is 89.3 Å². The third-order valence-electron chi connectivity index (χ3n) is 4.00. The average Bonchev–Trinajstić information content (AvgIpc) is 3.25. The Morgan fingerprint density at radius 1 is 1.00 bits per heavy atom. The molecule has 0 saturated carbocycles. The second kappa shape index (κ2) is 8.57. The number of methoxy groups -OCH3 is 1. The average molecular weight is 403 g/mol. The van der Waals surface area contributed by atoms with Gasteiger partial charge in [-0.2, -0.15) is 5.10 Å². The van der Waals surface area contributed by atoms with Crippen molar-refractivity contribution in [2.45, 2.75) is 10.1 Å². The summed E-state index contributed by atoms with van der Waals surface area (Å²) in [5.41, 5.74) is 1.79. The summed E-state index contributed by atoms with van der Waals surface area (Å²) in [6, 6.07) is 18.3. The number of hydrogen-bond donors (Lipinski definition) is 1. The summed E-state index contributed by atoms with van der Waals surface area (Å²) in [7, 11) is 1.62. The monoisotopic (exact) mass is 403 g/mol. The zero-order valence-corrected chi connectivity index (χ0v) is 16.3. The van der Waals surface area contributed by atoms with Crippen molar-refractivity contribution in [3.8, 4) is 11.4 Å². The van der Waals surface area contributed by atoms with Crippen LogP contribution >= 0.6 is 11.8 Å². The van der Waals surface area contributed by atoms with Gasteiger partial charge in [-0.25, -0.2) is 14.6 Å². The molecule has 0 bridgehead atoms. The van der Waals surface area contributed by atoms with E-state index in [4.69, 9.17) is 4.74 Å². The maximum atomic E-state index is 12.6. The highest BCUT2D eigenvalue weighted by Gasteiger charge is 2.11. The summed E-state index contributed by atoms with van der Waals surface area (Å²) in [5.74, 6) is 0.466. The largest absolute Gasteiger partial charge is 0.497 e. The van der Waals surface area contributed by atoms with Gasteiger partial charge in [-0.15, -0.1) is 0 Å². The normalized spacial score (nSPS) is 10.5. The van der Waals surface area contributed by atoms with E-state index < -0.39 is 0 Å². The van der Waals surface area contributed by atoms with Crippen LogP contribution in [0.4, 0.5) is 5.69 Å². The van der Waals surface area contributed by atoms with Gasteiger partial charge in [-0.05, 0) is 54.6 Å². The minimum atomic E-state index is -0.294. The summed E-state index contributed by atoms with van der Waals surface area (Å²) in [4.78, 5) is 21.2. The van der Waals surface area contributed by atoms with E-state index in [1.54, 1.807) is 48.6 Å². The van der Waals surface area contributed by atoms with Crippen molar-refractivity contribution in [1.29, 1.82) is 0 Å². The smallest absolute Gasteiger partial charge is 0.276 e. The second-order valence-electron chi connectivity index (χ2n) is 5.95. The number of carbonyl (C=O) groups is 1. The Balaban J connectivity index is 1.45. The fourth-order valence-corrected chi connectivity index (χ4v) is 3.35. The molecular weight excluding hydrogens is 386 g/mol. The topological polar surface area (TPSA) is 81.9 Å². The van der Waals surface area contributed by atoms with E-state index >= 15 is 0 Å². The highest BCUT2D eigenvalue weighted by molar-refractivity contribution is 7.99. The molecular formula is C21H17N5O2S. The lowest BCUT2D eigenvalue weighted by Crippen LogP contribution is -2.13. The Labute approximate surface area is 171 Å². The molecule has 0 unspecified atom stereocenters. The molecule has 0 radical (unpaired) electrons. The van der Waals surface area contributed by atoms with Gasteiger partial charge in [0.1, 0.15) is 15.8 Å². The lowest BCUT2D eigenvalue weighted by molar-refractivity contribution is 0.102. The number of amides is 1. The van der Waals surface area contributed by atoms with E-state index in [9.17, 15) is 4.79 Å². The number of benzene rings is 1. The summed E-state index contributed by atoms with van der Waals surface area (Å²) in [5, 5.41) is 8.79. The molecule has 4 aromatic rings. The molecule has 0 fully saturated rings. The third kappa shape index (κ3) is 4.61. The molecule has 0 aliphatic carbocycles. The Bertz CT molecular complexity index is 1110. The number of carbonyl (C=O) groups excluding carboxylic acids is 1. The number of nitrogens with one attached hydrogen (secondary N) is 1. The van der Waals surface area contributed by atoms with Crippen molar-refractivity contribution in [3.63, 3.8) is 0 Å². The van der Waals surface area contributed by atoms with E-state index in [-0.39, 0.29) is 5.91 Å². The Kier molecular flexibility index (Phi) is 5.53. The number of nitrogens with zero attached hydrogens (tertiary/aromatic N) is 4. The van der Waals surface area contributed by atoms with Crippen molar-refractivity contribution < 1.29 is 9.53 Å². The van der Waals surface area contributed by atoms with Crippen LogP contribution in [-0.4, -0.2) is 32.8 Å². The van der Waals surface area contributed by atoms with Crippen LogP contribution < -0.4 is 10.1 Å². The summed E-state index contributed by atoms with van der Waals surface area (Å²) in [6.45, 7) is 0. The Morgan fingerprint density at radius 2 is 1.83 bits per heavy atom. The van der Waals surface area contributed by atoms with Crippen molar-refractivity contribution in [2.24, 2.45) is 0 Å². The fourth-order valence-electron chi connectivity index (χ4n) is 2.58. The van der Waals surface area contributed by atoms with Crippen molar-refractivity contribution in [1.82, 2.24) is 19.7 Å². The van der Waals surface area contributed by atoms with Crippen LogP contribution in [0.2, 0.25) is 0 Å². The SMILES string of the molecule is COc1ccc(-n2ccc(C(=O)Nc3ccnc(Sc4ccccn4)c3)n2)cc1. The van der Waals surface area contributed by atoms with Crippen LogP contribution in [0.3, 0.4) is 0 Å². The maximum Gasteiger partial charge on any atom is 0.276 e. The van der Waals surface area contributed by atoms with Gasteiger partial charge in [-0.1, -0.05) is 17.8 Å². The first kappa shape index (κ1) is 18.7. The molecule has 3 aromatic heterocycles. The first-order valence-electron chi connectivity index (χ1n) is 8.78. The van der Waals surface area contributed by atoms with Crippen LogP contribution in [0.25, 0.3) is 5.69 Å². The molecule has 29 heavy (non-hydrogen) atoms. The molecule has 1 amide bonds. The number of aromatic nitrogens is 4. The van der Waals surface area contributed by atoms with E-state index in [0.717, 1.165) is 21.5 Å². The minimum Gasteiger partial charge on any atom is -0.497 e. The van der Waals surface area contributed by atoms with E-state index in [0.29, 0.717) is 11.4 Å². The van der Waals surface area contributed by atoms with Crippen LogP contribution in [0, 0.1) is 0 Å². The molecule has 0 atom stereocenters. The number of hydrogen-bond acceptors (Lipinski definition) is 6. The van der Waals surface area contributed by atoms with Crippen LogP contribution in [0.1, 0.15) is 10.5 Å². The maximum absolute atomic E-state index is 12.6. The molecule has 7 nitrogen and oxygen atoms in total. The van der Waals surface area contributed by atoms with Gasteiger partial charge in [-0.3, -0.25) is 4.79 Å². The molecule has 144 valence electrons. The second-order valence-corrected chi connectivity index (χ2v) is 6.99. The van der Waals surface area contributed by atoms with Gasteiger partial charge < -0.3 is 10.1 Å². The predicted molar refractivity (Wildman–Crippen MR) is 111 cm³/mol. The van der Waals surface area contributed by atoms with E-state index in [2.05, 4.69) is 20.4 Å². The molecule has 0 aliphatic rings. The molecule has 0 aliphatic heterocycles. The Hall–Kier alpha value is -3.65. The van der Waals surface area contributed by atoms with Gasteiger partial charge >= 0.3 is 0 Å². The van der Waals surface area contributed by atoms with Crippen LogP contribution in [-0.2, 0) is 0 Å². The molecule has 3 heterocycles. The number of anilines is 1. The number of rotatable bonds is 6. The first-order chi connectivity index (χ1) is 14.2. The lowest BCUT2D eigenvalue weighted by atomic mass is 10.3. The highest BCUT2D eigenvalue weighted by atomic mass is 32.2. The lowest BCUT2D eigenvalue weighted by Gasteiger charge is -2.06. The predicted octanol–water partition coefficient (Wildman–Crippen LogP) is 4.07. The third-order valence-corrected chi connectivity index (χ3v) is 4.88. The number of ether oxygens (including phenoxy) is 1. The quantitative estimate of drug-likeness (QED) is 0.523. The highest BCUT2D eigenvalue weighted by Crippen LogP contribution is 2.25. The molecule has 1 aromatic carbocycles. The number of pyridine rings is 2. The van der Waals surface area contributed by atoms with Crippen molar-refractivity contribution in [3.05, 3.63) is 84.9 Å². The van der Waals surface area contributed by atoms with Crippen LogP contribution in [0.5, 0.6) is 5.75 Å². The van der Waals surface area contributed by atoms with Gasteiger partial charge in [0.25, 0.3) is 5.91 Å². The summed E-state index contributed by atoms with van der Waals surface area (Å²) >= 11 is 1.43. The molecule has 4 rings (SSSR count). The van der Waals surface area contributed by atoms with Gasteiger partial charge in [0.15, 0.2) is 5.69 Å². The fraction of sp³-hybridized carbons (Fsp3) is 0.0476. The van der Waals surface area contributed by atoms with Gasteiger partial charge in [0, 0.05) is 24.3 Å². The molecule has 0 spiro atoms. The molecule has 1 N–H and O–H groups in total. The van der Waals surface area contributed by atoms with E-state index in [1.165, 1.54) is 11.8 Å². The Morgan fingerprint density at radius 3 is 2.59 bits per heavy atom. The zero-order valence-electron chi connectivity index (χ0n) is 15.5. The van der Waals surface area contributed by atoms with Crippen molar-refractivity contribution in [2.75, 3.05) is 12.4 Å². The van der Waals surface area contributed by atoms with E-state index in [1.807, 2.05) is 42.5 Å². The standard InChI is InChI=1S/C21H17N5O2S/c1-28-17-7-5-16(6-8-17)26-13-10-18(25-26)21(27)24-15-9-12-23-20(14-15)29-19-4-2-3-11-22-19/h2-14H,1H3,(H,23,24,27). The van der Waals surface area contributed by atoms with Gasteiger partial charge in [0.2, 0.25) is 0 Å². The zero-order chi connectivity index (χ0) is 20.1. The first-order valence-corrected chi connectivity index (χ1v) is 9.59. The van der Waals surface area contributed by atoms with Gasteiger partial charge in [0.05, 0.1) is 12.8 Å².